The van der Waals surface area contributed by atoms with Crippen molar-refractivity contribution in [3.8, 4) is 0 Å². The van der Waals surface area contributed by atoms with E-state index in [-0.39, 0.29) is 8.80 Å². The van der Waals surface area contributed by atoms with Crippen LogP contribution in [-0.2, 0) is 0 Å². The molecule has 0 heterocycles. The van der Waals surface area contributed by atoms with Gasteiger partial charge in [0.05, 0.1) is 0 Å². The SMILES string of the molecule is C[Si](C)C[Si](C)(C)C[Si](C)(C)C. The average molecular weight is 218 g/mol. The molecule has 0 aliphatic carbocycles. The molecular weight excluding hydrogens is 192 g/mol. The van der Waals surface area contributed by atoms with Crippen molar-refractivity contribution in [2.45, 2.75) is 57.2 Å². The minimum Gasteiger partial charge on any atom is -0.0715 e. The Bertz CT molecular complexity index is 133. The zero-order valence-corrected chi connectivity index (χ0v) is 12.9. The summed E-state index contributed by atoms with van der Waals surface area (Å²) in [5, 5.41) is 0. The lowest BCUT2D eigenvalue weighted by Gasteiger charge is -2.30. The van der Waals surface area contributed by atoms with Crippen LogP contribution < -0.4 is 0 Å². The third-order valence-corrected chi connectivity index (χ3v) is 16.6. The topological polar surface area (TPSA) is 0 Å². The average Bonchev–Trinajstić information content (AvgIpc) is 1.48. The van der Waals surface area contributed by atoms with Gasteiger partial charge in [-0.15, -0.1) is 0 Å². The molecule has 0 aromatic heterocycles. The maximum Gasteiger partial charge on any atom is 0.0419 e. The Morgan fingerprint density at radius 3 is 1.58 bits per heavy atom. The van der Waals surface area contributed by atoms with Crippen molar-refractivity contribution in [3.05, 3.63) is 0 Å². The minimum absolute atomic E-state index is 0.0207. The summed E-state index contributed by atoms with van der Waals surface area (Å²) in [7, 11) is -1.56. The first-order valence-electron chi connectivity index (χ1n) is 4.91. The van der Waals surface area contributed by atoms with Gasteiger partial charge >= 0.3 is 0 Å². The molecule has 0 aliphatic rings. The third kappa shape index (κ3) is 7.31. The van der Waals surface area contributed by atoms with Crippen LogP contribution in [0, 0.1) is 0 Å². The van der Waals surface area contributed by atoms with Gasteiger partial charge in [0, 0.05) is 24.9 Å². The molecule has 0 rings (SSSR count). The van der Waals surface area contributed by atoms with Crippen LogP contribution in [0.25, 0.3) is 0 Å². The van der Waals surface area contributed by atoms with Crippen molar-refractivity contribution in [1.29, 1.82) is 0 Å². The van der Waals surface area contributed by atoms with E-state index in [4.69, 9.17) is 0 Å². The van der Waals surface area contributed by atoms with E-state index < -0.39 is 16.1 Å². The quantitative estimate of drug-likeness (QED) is 0.627. The van der Waals surface area contributed by atoms with E-state index in [0.717, 1.165) is 0 Å². The second kappa shape index (κ2) is 4.24. The smallest absolute Gasteiger partial charge is 0.0419 e. The molecule has 0 saturated heterocycles. The first kappa shape index (κ1) is 12.7. The van der Waals surface area contributed by atoms with E-state index in [1.165, 1.54) is 0 Å². The van der Waals surface area contributed by atoms with Gasteiger partial charge in [-0.3, -0.25) is 0 Å². The predicted octanol–water partition coefficient (Wildman–Crippen LogP) is 3.87. The zero-order valence-electron chi connectivity index (χ0n) is 9.91. The van der Waals surface area contributed by atoms with Crippen LogP contribution in [0.2, 0.25) is 57.2 Å². The highest BCUT2D eigenvalue weighted by Gasteiger charge is 2.29. The normalized spacial score (nSPS) is 14.0. The monoisotopic (exact) mass is 217 g/mol. The van der Waals surface area contributed by atoms with Crippen molar-refractivity contribution < 1.29 is 0 Å². The summed E-state index contributed by atoms with van der Waals surface area (Å²) in [5.41, 5.74) is 3.23. The van der Waals surface area contributed by atoms with Gasteiger partial charge in [0.1, 0.15) is 0 Å². The molecule has 0 aromatic rings. The fraction of sp³-hybridized carbons (Fsp3) is 1.00. The molecule has 0 unspecified atom stereocenters. The summed E-state index contributed by atoms with van der Waals surface area (Å²) in [5.74, 6) is 0. The fourth-order valence-electron chi connectivity index (χ4n) is 2.46. The molecule has 0 amide bonds. The molecule has 0 aliphatic heterocycles. The van der Waals surface area contributed by atoms with Crippen LogP contribution in [0.15, 0.2) is 0 Å². The lowest BCUT2D eigenvalue weighted by atomic mass is 11.7. The van der Waals surface area contributed by atoms with Gasteiger partial charge < -0.3 is 0 Å². The van der Waals surface area contributed by atoms with Gasteiger partial charge in [-0.2, -0.15) is 0 Å². The molecule has 0 nitrogen and oxygen atoms in total. The Morgan fingerprint density at radius 1 is 0.917 bits per heavy atom. The maximum atomic E-state index is 2.59. The van der Waals surface area contributed by atoms with Crippen molar-refractivity contribution >= 4 is 24.9 Å². The highest BCUT2D eigenvalue weighted by atomic mass is 28.4. The van der Waals surface area contributed by atoms with Crippen molar-refractivity contribution in [3.63, 3.8) is 0 Å². The lowest BCUT2D eigenvalue weighted by molar-refractivity contribution is 1.47. The van der Waals surface area contributed by atoms with Gasteiger partial charge in [0.2, 0.25) is 0 Å². The summed E-state index contributed by atoms with van der Waals surface area (Å²) in [6, 6.07) is 0. The van der Waals surface area contributed by atoms with Gasteiger partial charge in [-0.1, -0.05) is 57.2 Å². The van der Waals surface area contributed by atoms with E-state index in [9.17, 15) is 0 Å². The molecule has 0 saturated carbocycles. The van der Waals surface area contributed by atoms with Crippen molar-refractivity contribution in [2.75, 3.05) is 0 Å². The number of rotatable bonds is 4. The number of hydrogen-bond acceptors (Lipinski definition) is 0. The van der Waals surface area contributed by atoms with E-state index in [0.29, 0.717) is 0 Å². The van der Waals surface area contributed by atoms with Gasteiger partial charge in [0.15, 0.2) is 0 Å². The lowest BCUT2D eigenvalue weighted by Crippen LogP contribution is -2.39. The Balaban J connectivity index is 4.04. The predicted molar refractivity (Wildman–Crippen MR) is 67.9 cm³/mol. The molecular formula is C9H25Si3. The van der Waals surface area contributed by atoms with E-state index in [1.54, 1.807) is 11.3 Å². The third-order valence-electron chi connectivity index (χ3n) is 1.84. The van der Waals surface area contributed by atoms with Crippen LogP contribution in [0.5, 0.6) is 0 Å². The minimum atomic E-state index is -0.795. The highest BCUT2D eigenvalue weighted by Crippen LogP contribution is 2.23. The zero-order chi connectivity index (χ0) is 9.99. The Labute approximate surface area is 82.4 Å². The van der Waals surface area contributed by atoms with Crippen LogP contribution in [0.1, 0.15) is 0 Å². The Hall–Kier alpha value is 0.651. The fourth-order valence-corrected chi connectivity index (χ4v) is 23.2. The molecule has 0 atom stereocenters. The van der Waals surface area contributed by atoms with Gasteiger partial charge in [-0.25, -0.2) is 0 Å². The summed E-state index contributed by atoms with van der Waals surface area (Å²) in [4.78, 5) is 0. The summed E-state index contributed by atoms with van der Waals surface area (Å²) in [6.07, 6.45) is 0. The first-order valence-corrected chi connectivity index (χ1v) is 14.7. The van der Waals surface area contributed by atoms with Crippen molar-refractivity contribution in [2.24, 2.45) is 0 Å². The molecule has 0 N–H and O–H groups in total. The van der Waals surface area contributed by atoms with Crippen LogP contribution in [-0.4, -0.2) is 24.9 Å². The van der Waals surface area contributed by atoms with Crippen molar-refractivity contribution in [1.82, 2.24) is 0 Å². The maximum absolute atomic E-state index is 2.59. The molecule has 0 bridgehead atoms. The molecule has 0 spiro atoms. The molecule has 1 radical (unpaired) electrons. The molecule has 3 heteroatoms. The largest absolute Gasteiger partial charge is 0.0715 e. The number of hydrogen-bond donors (Lipinski definition) is 0. The first-order chi connectivity index (χ1) is 5.12. The summed E-state index contributed by atoms with van der Waals surface area (Å²) >= 11 is 0. The summed E-state index contributed by atoms with van der Waals surface area (Å²) < 4.78 is 0. The van der Waals surface area contributed by atoms with Crippen LogP contribution >= 0.6 is 0 Å². The second-order valence-electron chi connectivity index (χ2n) is 6.29. The molecule has 0 aromatic carbocycles. The van der Waals surface area contributed by atoms with Gasteiger partial charge in [0.25, 0.3) is 0 Å². The molecule has 0 fully saturated rings. The van der Waals surface area contributed by atoms with Gasteiger partial charge in [-0.05, 0) is 0 Å². The standard InChI is InChI=1S/C9H25Si3/c1-10(2)8-12(6,7)9-11(3,4)5/h8-9H2,1-7H3. The Morgan fingerprint density at radius 2 is 1.33 bits per heavy atom. The van der Waals surface area contributed by atoms with Crippen LogP contribution in [0.3, 0.4) is 0 Å². The summed E-state index contributed by atoms with van der Waals surface area (Å²) in [6.45, 7) is 17.6. The van der Waals surface area contributed by atoms with E-state index >= 15 is 0 Å². The van der Waals surface area contributed by atoms with E-state index in [1.807, 2.05) is 0 Å². The highest BCUT2D eigenvalue weighted by molar-refractivity contribution is 6.98. The molecule has 12 heavy (non-hydrogen) atoms. The molecule has 73 valence electrons. The second-order valence-corrected chi connectivity index (χ2v) is 21.0. The Kier molecular flexibility index (Phi) is 4.47. The van der Waals surface area contributed by atoms with Crippen LogP contribution in [0.4, 0.5) is 0 Å². The van der Waals surface area contributed by atoms with E-state index in [2.05, 4.69) is 45.8 Å².